The Morgan fingerprint density at radius 1 is 1.37 bits per heavy atom. The summed E-state index contributed by atoms with van der Waals surface area (Å²) >= 11 is 4.83. The minimum absolute atomic E-state index is 0.326. The predicted molar refractivity (Wildman–Crippen MR) is 79.1 cm³/mol. The van der Waals surface area contributed by atoms with E-state index in [1.165, 1.54) is 11.8 Å². The van der Waals surface area contributed by atoms with Crippen LogP contribution in [-0.2, 0) is 9.47 Å². The zero-order valence-electron chi connectivity index (χ0n) is 10.7. The summed E-state index contributed by atoms with van der Waals surface area (Å²) in [5.74, 6) is -0.181. The standard InChI is InChI=1S/C13H17BrO4S/c1-17-5-2-6-18-7-8-19-12-9-10(14)3-4-11(12)13(15)16/h3-4,9H,2,5-8H2,1H3,(H,15,16). The SMILES string of the molecule is COCCCOCCSc1cc(Br)ccc1C(=O)O. The Kier molecular flexibility index (Phi) is 8.13. The number of carboxylic acids is 1. The predicted octanol–water partition coefficient (Wildman–Crippen LogP) is 3.29. The molecule has 0 saturated heterocycles. The third kappa shape index (κ3) is 6.42. The van der Waals surface area contributed by atoms with Crippen molar-refractivity contribution in [2.24, 2.45) is 0 Å². The molecule has 1 aromatic rings. The van der Waals surface area contributed by atoms with Crippen LogP contribution in [0.25, 0.3) is 0 Å². The zero-order valence-corrected chi connectivity index (χ0v) is 13.1. The second kappa shape index (κ2) is 9.36. The van der Waals surface area contributed by atoms with E-state index < -0.39 is 5.97 Å². The molecule has 0 unspecified atom stereocenters. The third-order valence-electron chi connectivity index (χ3n) is 2.30. The van der Waals surface area contributed by atoms with Crippen LogP contribution >= 0.6 is 27.7 Å². The molecule has 0 saturated carbocycles. The molecule has 0 aromatic heterocycles. The van der Waals surface area contributed by atoms with Gasteiger partial charge in [-0.3, -0.25) is 0 Å². The molecule has 1 aromatic carbocycles. The topological polar surface area (TPSA) is 55.8 Å². The van der Waals surface area contributed by atoms with Gasteiger partial charge in [-0.05, 0) is 24.6 Å². The number of halogens is 1. The Hall–Kier alpha value is -0.560. The number of methoxy groups -OCH3 is 1. The van der Waals surface area contributed by atoms with Crippen LogP contribution in [0.3, 0.4) is 0 Å². The molecule has 0 spiro atoms. The van der Waals surface area contributed by atoms with E-state index >= 15 is 0 Å². The summed E-state index contributed by atoms with van der Waals surface area (Å²) < 4.78 is 11.2. The van der Waals surface area contributed by atoms with Gasteiger partial charge in [-0.25, -0.2) is 4.79 Å². The summed E-state index contributed by atoms with van der Waals surface area (Å²) in [6.07, 6.45) is 0.873. The highest BCUT2D eigenvalue weighted by atomic mass is 79.9. The van der Waals surface area contributed by atoms with E-state index in [0.29, 0.717) is 25.4 Å². The largest absolute Gasteiger partial charge is 0.478 e. The molecule has 0 aliphatic rings. The smallest absolute Gasteiger partial charge is 0.336 e. The molecule has 1 N–H and O–H groups in total. The van der Waals surface area contributed by atoms with E-state index in [-0.39, 0.29) is 0 Å². The molecule has 0 amide bonds. The van der Waals surface area contributed by atoms with Gasteiger partial charge in [0.1, 0.15) is 0 Å². The summed E-state index contributed by atoms with van der Waals surface area (Å²) in [5, 5.41) is 9.08. The minimum Gasteiger partial charge on any atom is -0.478 e. The molecule has 0 fully saturated rings. The second-order valence-corrected chi connectivity index (χ2v) is 5.81. The molecule has 6 heteroatoms. The molecule has 0 bridgehead atoms. The van der Waals surface area contributed by atoms with Crippen molar-refractivity contribution >= 4 is 33.7 Å². The lowest BCUT2D eigenvalue weighted by molar-refractivity contribution is 0.0693. The van der Waals surface area contributed by atoms with Crippen molar-refractivity contribution in [3.05, 3.63) is 28.2 Å². The zero-order chi connectivity index (χ0) is 14.1. The van der Waals surface area contributed by atoms with Gasteiger partial charge >= 0.3 is 5.97 Å². The van der Waals surface area contributed by atoms with Gasteiger partial charge in [0.2, 0.25) is 0 Å². The van der Waals surface area contributed by atoms with Crippen LogP contribution in [-0.4, -0.2) is 43.8 Å². The van der Waals surface area contributed by atoms with E-state index in [1.54, 1.807) is 19.2 Å². The summed E-state index contributed by atoms with van der Waals surface area (Å²) in [6.45, 7) is 1.96. The summed E-state index contributed by atoms with van der Waals surface area (Å²) in [5.41, 5.74) is 0.326. The first kappa shape index (κ1) is 16.5. The molecule has 0 radical (unpaired) electrons. The Morgan fingerprint density at radius 3 is 2.84 bits per heavy atom. The van der Waals surface area contributed by atoms with Crippen molar-refractivity contribution < 1.29 is 19.4 Å². The maximum atomic E-state index is 11.1. The molecule has 19 heavy (non-hydrogen) atoms. The fourth-order valence-corrected chi connectivity index (χ4v) is 2.87. The van der Waals surface area contributed by atoms with Crippen LogP contribution in [0.5, 0.6) is 0 Å². The highest BCUT2D eigenvalue weighted by Gasteiger charge is 2.10. The van der Waals surface area contributed by atoms with Crippen LogP contribution in [0.4, 0.5) is 0 Å². The number of carbonyl (C=O) groups is 1. The van der Waals surface area contributed by atoms with Crippen LogP contribution in [0, 0.1) is 0 Å². The third-order valence-corrected chi connectivity index (χ3v) is 3.81. The number of hydrogen-bond donors (Lipinski definition) is 1. The van der Waals surface area contributed by atoms with Gasteiger partial charge in [-0.2, -0.15) is 0 Å². The lowest BCUT2D eigenvalue weighted by atomic mass is 10.2. The van der Waals surface area contributed by atoms with Crippen molar-refractivity contribution in [3.8, 4) is 0 Å². The van der Waals surface area contributed by atoms with Crippen LogP contribution in [0.2, 0.25) is 0 Å². The average Bonchev–Trinajstić information content (AvgIpc) is 2.37. The molecule has 0 atom stereocenters. The van der Waals surface area contributed by atoms with Gasteiger partial charge < -0.3 is 14.6 Å². The fourth-order valence-electron chi connectivity index (χ4n) is 1.41. The first-order chi connectivity index (χ1) is 9.15. The van der Waals surface area contributed by atoms with Crippen molar-refractivity contribution in [1.82, 2.24) is 0 Å². The van der Waals surface area contributed by atoms with E-state index in [9.17, 15) is 4.79 Å². The lowest BCUT2D eigenvalue weighted by Crippen LogP contribution is -2.03. The van der Waals surface area contributed by atoms with Crippen LogP contribution < -0.4 is 0 Å². The summed E-state index contributed by atoms with van der Waals surface area (Å²) in [6, 6.07) is 5.15. The Labute approximate surface area is 125 Å². The van der Waals surface area contributed by atoms with Gasteiger partial charge in [0.25, 0.3) is 0 Å². The Bertz CT molecular complexity index is 412. The molecule has 0 aliphatic heterocycles. The Balaban J connectivity index is 2.36. The minimum atomic E-state index is -0.906. The first-order valence-electron chi connectivity index (χ1n) is 5.87. The van der Waals surface area contributed by atoms with Crippen molar-refractivity contribution in [3.63, 3.8) is 0 Å². The molecule has 4 nitrogen and oxygen atoms in total. The number of carboxylic acid groups (broad SMARTS) is 1. The van der Waals surface area contributed by atoms with Crippen molar-refractivity contribution in [2.75, 3.05) is 32.7 Å². The number of rotatable bonds is 9. The number of ether oxygens (including phenoxy) is 2. The average molecular weight is 349 g/mol. The summed E-state index contributed by atoms with van der Waals surface area (Å²) in [4.78, 5) is 11.8. The second-order valence-electron chi connectivity index (χ2n) is 3.75. The fraction of sp³-hybridized carbons (Fsp3) is 0.462. The van der Waals surface area contributed by atoms with Gasteiger partial charge in [0.05, 0.1) is 12.2 Å². The number of thioether (sulfide) groups is 1. The molecular weight excluding hydrogens is 332 g/mol. The van der Waals surface area contributed by atoms with E-state index in [2.05, 4.69) is 15.9 Å². The first-order valence-corrected chi connectivity index (χ1v) is 7.65. The molecule has 0 aliphatic carbocycles. The molecule has 0 heterocycles. The van der Waals surface area contributed by atoms with E-state index in [1.807, 2.05) is 6.07 Å². The van der Waals surface area contributed by atoms with Crippen LogP contribution in [0.1, 0.15) is 16.8 Å². The Morgan fingerprint density at radius 2 is 2.16 bits per heavy atom. The number of hydrogen-bond acceptors (Lipinski definition) is 4. The normalized spacial score (nSPS) is 10.6. The van der Waals surface area contributed by atoms with Gasteiger partial charge in [-0.15, -0.1) is 11.8 Å². The van der Waals surface area contributed by atoms with Gasteiger partial charge in [-0.1, -0.05) is 15.9 Å². The van der Waals surface area contributed by atoms with Crippen LogP contribution in [0.15, 0.2) is 27.6 Å². The van der Waals surface area contributed by atoms with Gasteiger partial charge in [0, 0.05) is 35.4 Å². The van der Waals surface area contributed by atoms with Gasteiger partial charge in [0.15, 0.2) is 0 Å². The number of aromatic carboxylic acids is 1. The molecule has 106 valence electrons. The lowest BCUT2D eigenvalue weighted by Gasteiger charge is -2.07. The van der Waals surface area contributed by atoms with E-state index in [0.717, 1.165) is 21.5 Å². The van der Waals surface area contributed by atoms with Crippen molar-refractivity contribution in [2.45, 2.75) is 11.3 Å². The number of benzene rings is 1. The maximum Gasteiger partial charge on any atom is 0.336 e. The maximum absolute atomic E-state index is 11.1. The van der Waals surface area contributed by atoms with Crippen molar-refractivity contribution in [1.29, 1.82) is 0 Å². The highest BCUT2D eigenvalue weighted by molar-refractivity contribution is 9.10. The monoisotopic (exact) mass is 348 g/mol. The summed E-state index contributed by atoms with van der Waals surface area (Å²) in [7, 11) is 1.66. The quantitative estimate of drug-likeness (QED) is 0.548. The molecular formula is C13H17BrO4S. The molecule has 1 rings (SSSR count). The highest BCUT2D eigenvalue weighted by Crippen LogP contribution is 2.26. The van der Waals surface area contributed by atoms with E-state index in [4.69, 9.17) is 14.6 Å².